The van der Waals surface area contributed by atoms with Crippen molar-refractivity contribution in [2.75, 3.05) is 6.61 Å². The number of benzene rings is 1. The van der Waals surface area contributed by atoms with Crippen molar-refractivity contribution < 1.29 is 22.7 Å². The van der Waals surface area contributed by atoms with E-state index < -0.39 is 31.5 Å². The van der Waals surface area contributed by atoms with Crippen LogP contribution in [0.5, 0.6) is 0 Å². The molecule has 0 aliphatic carbocycles. The van der Waals surface area contributed by atoms with Gasteiger partial charge >= 0.3 is 12.1 Å². The van der Waals surface area contributed by atoms with Gasteiger partial charge in [-0.3, -0.25) is 0 Å². The molecule has 8 heteroatoms. The zero-order chi connectivity index (χ0) is 19.5. The van der Waals surface area contributed by atoms with Crippen molar-refractivity contribution in [2.45, 2.75) is 32.7 Å². The van der Waals surface area contributed by atoms with Gasteiger partial charge in [-0.15, -0.1) is 5.54 Å². The van der Waals surface area contributed by atoms with Crippen molar-refractivity contribution in [1.82, 2.24) is 9.78 Å². The third-order valence-corrected chi connectivity index (χ3v) is 4.10. The average Bonchev–Trinajstić information content (AvgIpc) is 2.98. The minimum atomic E-state index is -4.76. The molecule has 1 heterocycles. The molecule has 0 aliphatic heterocycles. The molecule has 2 rings (SSSR count). The Bertz CT molecular complexity index is 854. The van der Waals surface area contributed by atoms with E-state index in [4.69, 9.17) is 0 Å². The average molecular weight is 380 g/mol. The van der Waals surface area contributed by atoms with Gasteiger partial charge in [0.05, 0.1) is 18.5 Å². The second kappa shape index (κ2) is 7.38. The largest absolute Gasteiger partial charge is 0.462 e. The molecule has 138 valence electrons. The summed E-state index contributed by atoms with van der Waals surface area (Å²) in [6.07, 6.45) is -3.88. The van der Waals surface area contributed by atoms with Gasteiger partial charge in [-0.05, 0) is 31.2 Å². The molecule has 0 bridgehead atoms. The summed E-state index contributed by atoms with van der Waals surface area (Å²) in [5.74, 6) is 1.98. The summed E-state index contributed by atoms with van der Waals surface area (Å²) in [7, 11) is -1.55. The highest BCUT2D eigenvalue weighted by molar-refractivity contribution is 6.83. The molecule has 0 atom stereocenters. The first-order valence-corrected chi connectivity index (χ1v) is 11.5. The number of hydrogen-bond donors (Lipinski definition) is 0. The first-order chi connectivity index (χ1) is 12.0. The van der Waals surface area contributed by atoms with Crippen molar-refractivity contribution in [3.05, 3.63) is 47.3 Å². The molecule has 0 saturated heterocycles. The topological polar surface area (TPSA) is 44.1 Å². The molecule has 0 spiro atoms. The van der Waals surface area contributed by atoms with Crippen LogP contribution in [-0.2, 0) is 10.9 Å². The Hall–Kier alpha value is -2.53. The quantitative estimate of drug-likeness (QED) is 0.453. The summed E-state index contributed by atoms with van der Waals surface area (Å²) >= 11 is 0. The van der Waals surface area contributed by atoms with Gasteiger partial charge in [0.25, 0.3) is 0 Å². The predicted octanol–water partition coefficient (Wildman–Crippen LogP) is 4.30. The number of esters is 1. The maximum Gasteiger partial charge on any atom is 0.434 e. The maximum atomic E-state index is 13.5. The third kappa shape index (κ3) is 4.76. The zero-order valence-corrected chi connectivity index (χ0v) is 15.9. The van der Waals surface area contributed by atoms with Gasteiger partial charge < -0.3 is 4.74 Å². The highest BCUT2D eigenvalue weighted by atomic mass is 28.3. The highest BCUT2D eigenvalue weighted by Gasteiger charge is 2.41. The van der Waals surface area contributed by atoms with E-state index in [0.717, 1.165) is 6.20 Å². The number of carbonyl (C=O) groups excluding carboxylic acids is 1. The van der Waals surface area contributed by atoms with Gasteiger partial charge in [0.1, 0.15) is 13.6 Å². The molecule has 1 aromatic carbocycles. The first-order valence-electron chi connectivity index (χ1n) is 7.99. The summed E-state index contributed by atoms with van der Waals surface area (Å²) in [5.41, 5.74) is 2.32. The van der Waals surface area contributed by atoms with Crippen molar-refractivity contribution in [1.29, 1.82) is 0 Å². The normalized spacial score (nSPS) is 11.7. The second-order valence-electron chi connectivity index (χ2n) is 6.58. The van der Waals surface area contributed by atoms with Crippen molar-refractivity contribution in [3.8, 4) is 17.2 Å². The minimum absolute atomic E-state index is 0.0221. The molecule has 1 aromatic heterocycles. The van der Waals surface area contributed by atoms with Crippen LogP contribution in [0.15, 0.2) is 30.5 Å². The highest BCUT2D eigenvalue weighted by Crippen LogP contribution is 2.34. The fraction of sp³-hybridized carbons (Fsp3) is 0.333. The van der Waals surface area contributed by atoms with E-state index in [2.05, 4.69) is 40.9 Å². The number of carbonyl (C=O) groups is 1. The first kappa shape index (κ1) is 19.8. The summed E-state index contributed by atoms with van der Waals surface area (Å²) < 4.78 is 45.8. The van der Waals surface area contributed by atoms with Crippen molar-refractivity contribution >= 4 is 14.0 Å². The molecule has 0 N–H and O–H groups in total. The molecule has 4 nitrogen and oxygen atoms in total. The van der Waals surface area contributed by atoms with E-state index >= 15 is 0 Å². The molecule has 0 radical (unpaired) electrons. The minimum Gasteiger partial charge on any atom is -0.462 e. The fourth-order valence-electron chi connectivity index (χ4n) is 2.12. The number of nitrogens with zero attached hydrogens (tertiary/aromatic N) is 2. The molecule has 0 amide bonds. The fourth-order valence-corrected chi connectivity index (χ4v) is 2.64. The predicted molar refractivity (Wildman–Crippen MR) is 94.7 cm³/mol. The summed E-state index contributed by atoms with van der Waals surface area (Å²) in [6.45, 7) is 7.81. The molecule has 0 fully saturated rings. The van der Waals surface area contributed by atoms with Crippen LogP contribution < -0.4 is 0 Å². The Morgan fingerprint density at radius 2 is 1.85 bits per heavy atom. The van der Waals surface area contributed by atoms with Crippen molar-refractivity contribution in [2.24, 2.45) is 0 Å². The van der Waals surface area contributed by atoms with Crippen LogP contribution in [0.4, 0.5) is 13.2 Å². The lowest BCUT2D eigenvalue weighted by molar-refractivity contribution is -0.143. The van der Waals surface area contributed by atoms with Gasteiger partial charge in [-0.1, -0.05) is 25.6 Å². The smallest absolute Gasteiger partial charge is 0.434 e. The Kier molecular flexibility index (Phi) is 5.61. The Balaban J connectivity index is 2.45. The SMILES string of the molecule is CCOC(=O)c1cnn(-c2ccc(C#C[Si](C)(C)C)cc2)c1C(F)(F)F. The van der Waals surface area contributed by atoms with Crippen LogP contribution >= 0.6 is 0 Å². The van der Waals surface area contributed by atoms with Gasteiger partial charge in [0.15, 0.2) is 5.69 Å². The van der Waals surface area contributed by atoms with E-state index in [1.54, 1.807) is 12.1 Å². The molecular weight excluding hydrogens is 361 g/mol. The van der Waals surface area contributed by atoms with Crippen LogP contribution in [0.1, 0.15) is 28.5 Å². The van der Waals surface area contributed by atoms with Gasteiger partial charge in [-0.2, -0.15) is 18.3 Å². The number of alkyl halides is 3. The van der Waals surface area contributed by atoms with E-state index in [0.29, 0.717) is 10.2 Å². The lowest BCUT2D eigenvalue weighted by atomic mass is 10.2. The van der Waals surface area contributed by atoms with E-state index in [1.807, 2.05) is 0 Å². The van der Waals surface area contributed by atoms with E-state index in [9.17, 15) is 18.0 Å². The Labute approximate surface area is 151 Å². The van der Waals surface area contributed by atoms with Crippen molar-refractivity contribution in [3.63, 3.8) is 0 Å². The van der Waals surface area contributed by atoms with E-state index in [1.165, 1.54) is 19.1 Å². The summed E-state index contributed by atoms with van der Waals surface area (Å²) in [4.78, 5) is 11.8. The molecule has 0 aliphatic rings. The molecule has 0 saturated carbocycles. The third-order valence-electron chi connectivity index (χ3n) is 3.23. The van der Waals surface area contributed by atoms with Crippen LogP contribution in [0.2, 0.25) is 19.6 Å². The second-order valence-corrected chi connectivity index (χ2v) is 11.3. The van der Waals surface area contributed by atoms with Gasteiger partial charge in [0, 0.05) is 5.56 Å². The standard InChI is InChI=1S/C18H19F3N2O2Si/c1-5-25-17(24)15-12-22-23(16(15)18(19,20)21)14-8-6-13(7-9-14)10-11-26(2,3)4/h6-9,12H,5H2,1-4H3. The maximum absolute atomic E-state index is 13.5. The number of ether oxygens (including phenoxy) is 1. The molecular formula is C18H19F3N2O2Si. The monoisotopic (exact) mass is 380 g/mol. The molecule has 0 unspecified atom stereocenters. The lowest BCUT2D eigenvalue weighted by Gasteiger charge is -2.12. The van der Waals surface area contributed by atoms with Gasteiger partial charge in [0.2, 0.25) is 0 Å². The lowest BCUT2D eigenvalue weighted by Crippen LogP contribution is -2.18. The number of aromatic nitrogens is 2. The van der Waals surface area contributed by atoms with Crippen LogP contribution in [0.25, 0.3) is 5.69 Å². The molecule has 26 heavy (non-hydrogen) atoms. The summed E-state index contributed by atoms with van der Waals surface area (Å²) in [6, 6.07) is 6.25. The van der Waals surface area contributed by atoms with Crippen LogP contribution in [0, 0.1) is 11.5 Å². The zero-order valence-electron chi connectivity index (χ0n) is 14.9. The van der Waals surface area contributed by atoms with Crippen LogP contribution in [-0.4, -0.2) is 30.4 Å². The van der Waals surface area contributed by atoms with E-state index in [-0.39, 0.29) is 12.3 Å². The Morgan fingerprint density at radius 3 is 2.35 bits per heavy atom. The van der Waals surface area contributed by atoms with Gasteiger partial charge in [-0.25, -0.2) is 9.48 Å². The summed E-state index contributed by atoms with van der Waals surface area (Å²) in [5, 5.41) is 3.74. The molecule has 2 aromatic rings. The number of hydrogen-bond acceptors (Lipinski definition) is 3. The Morgan fingerprint density at radius 1 is 1.23 bits per heavy atom. The van der Waals surface area contributed by atoms with Crippen LogP contribution in [0.3, 0.4) is 0 Å². The number of halogens is 3. The number of rotatable bonds is 3.